The number of Topliss-reactive ketones (excluding diaryl/α,β-unsaturated/α-hetero) is 1. The molecule has 1 aliphatic rings. The molecule has 0 saturated carbocycles. The predicted octanol–water partition coefficient (Wildman–Crippen LogP) is 0.0375. The molecule has 0 unspecified atom stereocenters. The Balaban J connectivity index is 2.52. The zero-order chi connectivity index (χ0) is 14.3. The van der Waals surface area contributed by atoms with E-state index in [1.54, 1.807) is 13.8 Å². The molecule has 1 fully saturated rings. The number of nitrogens with two attached hydrogens (primary N) is 1. The third-order valence-electron chi connectivity index (χ3n) is 2.86. The van der Waals surface area contributed by atoms with Crippen LogP contribution in [0.3, 0.4) is 0 Å². The number of barbiturate groups is 1. The summed E-state index contributed by atoms with van der Waals surface area (Å²) in [6, 6.07) is 2.06. The van der Waals surface area contributed by atoms with E-state index in [0.717, 1.165) is 0 Å². The van der Waals surface area contributed by atoms with Gasteiger partial charge in [-0.2, -0.15) is 0 Å². The van der Waals surface area contributed by atoms with Crippen LogP contribution in [0.1, 0.15) is 11.1 Å². The predicted molar refractivity (Wildman–Crippen MR) is 66.4 cm³/mol. The highest BCUT2D eigenvalue weighted by atomic mass is 16.2. The maximum absolute atomic E-state index is 11.7. The lowest BCUT2D eigenvalue weighted by Gasteiger charge is -2.24. The number of nitrogens with zero attached hydrogens (tertiary/aromatic N) is 1. The standard InChI is InChI=1S/C12H11N3O4/c1-5-3-7(4-6(2)8(5)13)15-11(18)9(16)10(17)14-12(15)19/h3-4H,13H2,1-2H3,(H,14,17,19). The number of aryl methyl sites for hydroxylation is 2. The number of hydrogen-bond donors (Lipinski definition) is 2. The number of ketones is 1. The topological polar surface area (TPSA) is 110 Å². The van der Waals surface area contributed by atoms with Gasteiger partial charge in [-0.25, -0.2) is 9.69 Å². The van der Waals surface area contributed by atoms with Crippen LogP contribution >= 0.6 is 0 Å². The monoisotopic (exact) mass is 261 g/mol. The first-order chi connectivity index (χ1) is 8.82. The number of imide groups is 2. The van der Waals surface area contributed by atoms with Gasteiger partial charge in [0.05, 0.1) is 5.69 Å². The highest BCUT2D eigenvalue weighted by Gasteiger charge is 2.40. The zero-order valence-corrected chi connectivity index (χ0v) is 10.3. The van der Waals surface area contributed by atoms with E-state index < -0.39 is 23.6 Å². The lowest BCUT2D eigenvalue weighted by molar-refractivity contribution is -0.145. The van der Waals surface area contributed by atoms with Crippen molar-refractivity contribution in [1.29, 1.82) is 0 Å². The molecule has 1 saturated heterocycles. The Hall–Kier alpha value is -2.70. The van der Waals surface area contributed by atoms with Gasteiger partial charge in [0, 0.05) is 5.69 Å². The summed E-state index contributed by atoms with van der Waals surface area (Å²) in [5.74, 6) is -3.65. The van der Waals surface area contributed by atoms with Crippen molar-refractivity contribution < 1.29 is 19.2 Å². The van der Waals surface area contributed by atoms with Gasteiger partial charge >= 0.3 is 23.6 Å². The molecule has 0 atom stereocenters. The van der Waals surface area contributed by atoms with E-state index in [1.165, 1.54) is 12.1 Å². The second-order valence-electron chi connectivity index (χ2n) is 4.22. The number of nitrogens with one attached hydrogen (secondary N) is 1. The van der Waals surface area contributed by atoms with E-state index in [1.807, 2.05) is 5.32 Å². The normalized spacial score (nSPS) is 15.8. The summed E-state index contributed by atoms with van der Waals surface area (Å²) in [5, 5.41) is 1.81. The highest BCUT2D eigenvalue weighted by molar-refractivity contribution is 6.70. The van der Waals surface area contributed by atoms with E-state index in [9.17, 15) is 19.2 Å². The largest absolute Gasteiger partial charge is 0.398 e. The number of nitrogen functional groups attached to an aromatic ring is 1. The Kier molecular flexibility index (Phi) is 2.82. The number of anilines is 2. The smallest absolute Gasteiger partial charge is 0.336 e. The van der Waals surface area contributed by atoms with E-state index in [-0.39, 0.29) is 5.69 Å². The first kappa shape index (κ1) is 12.7. The summed E-state index contributed by atoms with van der Waals surface area (Å²) >= 11 is 0. The van der Waals surface area contributed by atoms with E-state index in [4.69, 9.17) is 5.73 Å². The Morgan fingerprint density at radius 1 is 1.05 bits per heavy atom. The van der Waals surface area contributed by atoms with E-state index in [0.29, 0.717) is 21.7 Å². The maximum atomic E-state index is 11.7. The quantitative estimate of drug-likeness (QED) is 0.547. The number of rotatable bonds is 1. The van der Waals surface area contributed by atoms with Crippen LogP contribution in [0.5, 0.6) is 0 Å². The third-order valence-corrected chi connectivity index (χ3v) is 2.86. The lowest BCUT2D eigenvalue weighted by atomic mass is 10.1. The fourth-order valence-electron chi connectivity index (χ4n) is 1.82. The van der Waals surface area contributed by atoms with Crippen LogP contribution in [0.2, 0.25) is 0 Å². The molecule has 1 aliphatic heterocycles. The van der Waals surface area contributed by atoms with Crippen LogP contribution in [-0.2, 0) is 14.4 Å². The third kappa shape index (κ3) is 1.95. The second-order valence-corrected chi connectivity index (χ2v) is 4.22. The van der Waals surface area contributed by atoms with Gasteiger partial charge in [-0.15, -0.1) is 0 Å². The fraction of sp³-hybridized carbons (Fsp3) is 0.167. The number of benzene rings is 1. The van der Waals surface area contributed by atoms with Gasteiger partial charge in [0.2, 0.25) is 0 Å². The summed E-state index contributed by atoms with van der Waals surface area (Å²) in [4.78, 5) is 46.3. The van der Waals surface area contributed by atoms with Crippen LogP contribution < -0.4 is 16.0 Å². The number of hydrogen-bond acceptors (Lipinski definition) is 5. The Morgan fingerprint density at radius 2 is 1.58 bits per heavy atom. The van der Waals surface area contributed by atoms with Crippen LogP contribution in [0.15, 0.2) is 12.1 Å². The van der Waals surface area contributed by atoms with E-state index >= 15 is 0 Å². The molecular formula is C12H11N3O4. The van der Waals surface area contributed by atoms with Gasteiger partial charge in [0.15, 0.2) is 0 Å². The number of urea groups is 1. The van der Waals surface area contributed by atoms with Gasteiger partial charge in [0.1, 0.15) is 0 Å². The molecule has 0 aliphatic carbocycles. The molecule has 0 bridgehead atoms. The molecule has 0 spiro atoms. The van der Waals surface area contributed by atoms with Crippen molar-refractivity contribution in [3.63, 3.8) is 0 Å². The van der Waals surface area contributed by atoms with Crippen molar-refractivity contribution in [2.45, 2.75) is 13.8 Å². The lowest BCUT2D eigenvalue weighted by Crippen LogP contribution is -2.58. The van der Waals surface area contributed by atoms with Crippen LogP contribution in [0, 0.1) is 13.8 Å². The van der Waals surface area contributed by atoms with Gasteiger partial charge < -0.3 is 5.73 Å². The minimum atomic E-state index is -1.27. The Morgan fingerprint density at radius 3 is 2.11 bits per heavy atom. The number of amides is 4. The summed E-state index contributed by atoms with van der Waals surface area (Å²) < 4.78 is 0. The minimum absolute atomic E-state index is 0.201. The summed E-state index contributed by atoms with van der Waals surface area (Å²) in [5.41, 5.74) is 7.85. The molecule has 1 aromatic rings. The summed E-state index contributed by atoms with van der Waals surface area (Å²) in [7, 11) is 0. The summed E-state index contributed by atoms with van der Waals surface area (Å²) in [6.45, 7) is 3.43. The number of carbonyl (C=O) groups is 4. The average Bonchev–Trinajstić information content (AvgIpc) is 2.33. The van der Waals surface area contributed by atoms with Crippen LogP contribution in [-0.4, -0.2) is 23.6 Å². The van der Waals surface area contributed by atoms with Crippen molar-refractivity contribution in [2.24, 2.45) is 0 Å². The average molecular weight is 261 g/mol. The molecule has 2 rings (SSSR count). The second kappa shape index (κ2) is 4.20. The highest BCUT2D eigenvalue weighted by Crippen LogP contribution is 2.25. The molecule has 3 N–H and O–H groups in total. The van der Waals surface area contributed by atoms with E-state index in [2.05, 4.69) is 0 Å². The first-order valence-corrected chi connectivity index (χ1v) is 5.43. The SMILES string of the molecule is Cc1cc(N2C(=O)NC(=O)C(=O)C2=O)cc(C)c1N. The fourth-order valence-corrected chi connectivity index (χ4v) is 1.82. The van der Waals surface area contributed by atoms with Crippen molar-refractivity contribution >= 4 is 35.0 Å². The minimum Gasteiger partial charge on any atom is -0.398 e. The molecule has 7 heteroatoms. The van der Waals surface area contributed by atoms with Gasteiger partial charge in [-0.3, -0.25) is 19.7 Å². The Bertz CT molecular complexity index is 613. The van der Waals surface area contributed by atoms with Crippen molar-refractivity contribution in [2.75, 3.05) is 10.6 Å². The summed E-state index contributed by atoms with van der Waals surface area (Å²) in [6.07, 6.45) is 0. The molecule has 0 aromatic heterocycles. The van der Waals surface area contributed by atoms with Crippen molar-refractivity contribution in [3.8, 4) is 0 Å². The first-order valence-electron chi connectivity index (χ1n) is 5.43. The van der Waals surface area contributed by atoms with Crippen molar-refractivity contribution in [1.82, 2.24) is 5.32 Å². The molecule has 19 heavy (non-hydrogen) atoms. The molecule has 98 valence electrons. The van der Waals surface area contributed by atoms with Gasteiger partial charge in [0.25, 0.3) is 0 Å². The molecule has 1 aromatic carbocycles. The van der Waals surface area contributed by atoms with Crippen molar-refractivity contribution in [3.05, 3.63) is 23.3 Å². The maximum Gasteiger partial charge on any atom is 0.336 e. The van der Waals surface area contributed by atoms with Gasteiger partial charge in [-0.1, -0.05) is 0 Å². The number of carbonyl (C=O) groups excluding carboxylic acids is 4. The molecular weight excluding hydrogens is 250 g/mol. The van der Waals surface area contributed by atoms with Gasteiger partial charge in [-0.05, 0) is 37.1 Å². The molecule has 4 amide bonds. The molecule has 1 heterocycles. The molecule has 7 nitrogen and oxygen atoms in total. The zero-order valence-electron chi connectivity index (χ0n) is 10.3. The Labute approximate surface area is 108 Å². The van der Waals surface area contributed by atoms with Crippen LogP contribution in [0.4, 0.5) is 16.2 Å². The molecule has 0 radical (unpaired) electrons. The van der Waals surface area contributed by atoms with Crippen LogP contribution in [0.25, 0.3) is 0 Å².